The standard InChI is InChI=1S/C10H18F3N3O/c1-7(14)8-4-2-3-5-16(8)9(17)15-6-10(11,12)13/h7-8H,2-6,14H2,1H3,(H,15,17). The molecule has 1 aliphatic rings. The number of urea groups is 1. The molecule has 1 saturated heterocycles. The lowest BCUT2D eigenvalue weighted by Crippen LogP contribution is -2.55. The molecule has 1 fully saturated rings. The molecule has 1 heterocycles. The van der Waals surface area contributed by atoms with Gasteiger partial charge in [-0.15, -0.1) is 0 Å². The Bertz CT molecular complexity index is 268. The molecule has 0 aromatic heterocycles. The fourth-order valence-corrected chi connectivity index (χ4v) is 2.03. The first-order chi connectivity index (χ1) is 7.81. The van der Waals surface area contributed by atoms with Gasteiger partial charge in [0.15, 0.2) is 0 Å². The molecule has 17 heavy (non-hydrogen) atoms. The number of carbonyl (C=O) groups excluding carboxylic acids is 1. The molecule has 100 valence electrons. The number of hydrogen-bond acceptors (Lipinski definition) is 2. The Balaban J connectivity index is 2.53. The Morgan fingerprint density at radius 1 is 1.53 bits per heavy atom. The summed E-state index contributed by atoms with van der Waals surface area (Å²) in [6.07, 6.45) is -1.87. The third-order valence-electron chi connectivity index (χ3n) is 2.86. The van der Waals surface area contributed by atoms with E-state index in [-0.39, 0.29) is 12.1 Å². The molecule has 2 atom stereocenters. The van der Waals surface area contributed by atoms with Crippen LogP contribution >= 0.6 is 0 Å². The lowest BCUT2D eigenvalue weighted by atomic mass is 9.97. The van der Waals surface area contributed by atoms with Gasteiger partial charge in [-0.1, -0.05) is 0 Å². The molecule has 0 aromatic rings. The van der Waals surface area contributed by atoms with Crippen LogP contribution in [-0.2, 0) is 0 Å². The van der Waals surface area contributed by atoms with Gasteiger partial charge in [0.25, 0.3) is 0 Å². The van der Waals surface area contributed by atoms with Gasteiger partial charge >= 0.3 is 12.2 Å². The molecular weight excluding hydrogens is 235 g/mol. The summed E-state index contributed by atoms with van der Waals surface area (Å²) in [7, 11) is 0. The van der Waals surface area contributed by atoms with Gasteiger partial charge in [-0.2, -0.15) is 13.2 Å². The number of hydrogen-bond donors (Lipinski definition) is 2. The smallest absolute Gasteiger partial charge is 0.329 e. The van der Waals surface area contributed by atoms with Gasteiger partial charge in [0.05, 0.1) is 0 Å². The molecule has 1 rings (SSSR count). The van der Waals surface area contributed by atoms with E-state index in [1.54, 1.807) is 6.92 Å². The molecule has 2 amide bonds. The van der Waals surface area contributed by atoms with Gasteiger partial charge in [0.2, 0.25) is 0 Å². The van der Waals surface area contributed by atoms with E-state index in [4.69, 9.17) is 5.73 Å². The Morgan fingerprint density at radius 3 is 2.71 bits per heavy atom. The van der Waals surface area contributed by atoms with Crippen molar-refractivity contribution < 1.29 is 18.0 Å². The highest BCUT2D eigenvalue weighted by molar-refractivity contribution is 5.74. The largest absolute Gasteiger partial charge is 0.405 e. The van der Waals surface area contributed by atoms with Gasteiger partial charge < -0.3 is 16.0 Å². The maximum atomic E-state index is 12.0. The number of nitrogens with zero attached hydrogens (tertiary/aromatic N) is 1. The predicted octanol–water partition coefficient (Wildman–Crippen LogP) is 1.46. The van der Waals surface area contributed by atoms with Gasteiger partial charge in [0.1, 0.15) is 6.54 Å². The van der Waals surface area contributed by atoms with Crippen molar-refractivity contribution in [1.82, 2.24) is 10.2 Å². The molecule has 0 aromatic carbocycles. The third-order valence-corrected chi connectivity index (χ3v) is 2.86. The van der Waals surface area contributed by atoms with Gasteiger partial charge in [-0.3, -0.25) is 0 Å². The van der Waals surface area contributed by atoms with Crippen LogP contribution in [0.2, 0.25) is 0 Å². The second-order valence-electron chi connectivity index (χ2n) is 4.39. The van der Waals surface area contributed by atoms with E-state index in [1.807, 2.05) is 5.32 Å². The van der Waals surface area contributed by atoms with Crippen LogP contribution in [0.5, 0.6) is 0 Å². The molecule has 0 bridgehead atoms. The van der Waals surface area contributed by atoms with Crippen LogP contribution in [0.1, 0.15) is 26.2 Å². The lowest BCUT2D eigenvalue weighted by molar-refractivity contribution is -0.123. The van der Waals surface area contributed by atoms with Crippen LogP contribution in [0.4, 0.5) is 18.0 Å². The minimum Gasteiger partial charge on any atom is -0.329 e. The highest BCUT2D eigenvalue weighted by atomic mass is 19.4. The van der Waals surface area contributed by atoms with E-state index in [0.29, 0.717) is 6.54 Å². The molecule has 3 N–H and O–H groups in total. The number of rotatable bonds is 2. The third kappa shape index (κ3) is 4.41. The van der Waals surface area contributed by atoms with Crippen LogP contribution in [-0.4, -0.2) is 42.3 Å². The van der Waals surface area contributed by atoms with Gasteiger partial charge in [0, 0.05) is 18.6 Å². The van der Waals surface area contributed by atoms with E-state index in [9.17, 15) is 18.0 Å². The number of piperidine rings is 1. The fraction of sp³-hybridized carbons (Fsp3) is 0.900. The average molecular weight is 253 g/mol. The van der Waals surface area contributed by atoms with Crippen LogP contribution < -0.4 is 11.1 Å². The zero-order chi connectivity index (χ0) is 13.1. The molecule has 0 aliphatic carbocycles. The maximum absolute atomic E-state index is 12.0. The number of halogens is 3. The molecule has 0 saturated carbocycles. The predicted molar refractivity (Wildman–Crippen MR) is 57.4 cm³/mol. The van der Waals surface area contributed by atoms with Gasteiger partial charge in [-0.25, -0.2) is 4.79 Å². The first-order valence-electron chi connectivity index (χ1n) is 5.68. The van der Waals surface area contributed by atoms with Crippen molar-refractivity contribution in [2.75, 3.05) is 13.1 Å². The van der Waals surface area contributed by atoms with E-state index in [0.717, 1.165) is 19.3 Å². The number of amides is 2. The molecule has 1 aliphatic heterocycles. The summed E-state index contributed by atoms with van der Waals surface area (Å²) in [5, 5.41) is 1.88. The summed E-state index contributed by atoms with van der Waals surface area (Å²) >= 11 is 0. The van der Waals surface area contributed by atoms with Gasteiger partial charge in [-0.05, 0) is 26.2 Å². The maximum Gasteiger partial charge on any atom is 0.405 e. The van der Waals surface area contributed by atoms with Crippen LogP contribution in [0.15, 0.2) is 0 Å². The Labute approximate surface area is 98.3 Å². The van der Waals surface area contributed by atoms with Crippen molar-refractivity contribution in [2.45, 2.75) is 44.4 Å². The number of carbonyl (C=O) groups is 1. The van der Waals surface area contributed by atoms with Crippen molar-refractivity contribution in [2.24, 2.45) is 5.73 Å². The van der Waals surface area contributed by atoms with Crippen molar-refractivity contribution in [1.29, 1.82) is 0 Å². The zero-order valence-electron chi connectivity index (χ0n) is 9.76. The molecule has 4 nitrogen and oxygen atoms in total. The quantitative estimate of drug-likeness (QED) is 0.782. The number of nitrogens with two attached hydrogens (primary N) is 1. The van der Waals surface area contributed by atoms with Crippen molar-refractivity contribution >= 4 is 6.03 Å². The molecule has 0 radical (unpaired) electrons. The average Bonchev–Trinajstić information content (AvgIpc) is 2.25. The fourth-order valence-electron chi connectivity index (χ4n) is 2.03. The second kappa shape index (κ2) is 5.57. The summed E-state index contributed by atoms with van der Waals surface area (Å²) in [6.45, 7) is 0.934. The van der Waals surface area contributed by atoms with Crippen molar-refractivity contribution in [3.05, 3.63) is 0 Å². The number of alkyl halides is 3. The normalized spacial score (nSPS) is 23.4. The molecular formula is C10H18F3N3O. The molecule has 7 heteroatoms. The summed E-state index contributed by atoms with van der Waals surface area (Å²) < 4.78 is 35.9. The van der Waals surface area contributed by atoms with Crippen LogP contribution in [0.3, 0.4) is 0 Å². The monoisotopic (exact) mass is 253 g/mol. The topological polar surface area (TPSA) is 58.4 Å². The van der Waals surface area contributed by atoms with E-state index in [1.165, 1.54) is 4.90 Å². The Hall–Kier alpha value is -0.980. The Morgan fingerprint density at radius 2 is 2.18 bits per heavy atom. The van der Waals surface area contributed by atoms with Crippen molar-refractivity contribution in [3.63, 3.8) is 0 Å². The minimum atomic E-state index is -4.38. The lowest BCUT2D eigenvalue weighted by Gasteiger charge is -2.38. The second-order valence-corrected chi connectivity index (χ2v) is 4.39. The highest BCUT2D eigenvalue weighted by Gasteiger charge is 2.32. The summed E-state index contributed by atoms with van der Waals surface area (Å²) in [5.41, 5.74) is 5.73. The zero-order valence-corrected chi connectivity index (χ0v) is 9.76. The van der Waals surface area contributed by atoms with Crippen molar-refractivity contribution in [3.8, 4) is 0 Å². The highest BCUT2D eigenvalue weighted by Crippen LogP contribution is 2.19. The first kappa shape index (κ1) is 14.1. The summed E-state index contributed by atoms with van der Waals surface area (Å²) in [5.74, 6) is 0. The van der Waals surface area contributed by atoms with E-state index < -0.39 is 18.8 Å². The van der Waals surface area contributed by atoms with Crippen LogP contribution in [0.25, 0.3) is 0 Å². The minimum absolute atomic E-state index is 0.169. The summed E-state index contributed by atoms with van der Waals surface area (Å²) in [6, 6.07) is -1.08. The molecule has 2 unspecified atom stereocenters. The van der Waals surface area contributed by atoms with E-state index >= 15 is 0 Å². The SMILES string of the molecule is CC(N)C1CCCCN1C(=O)NCC(F)(F)F. The molecule has 0 spiro atoms. The number of nitrogens with one attached hydrogen (secondary N) is 1. The number of likely N-dealkylation sites (tertiary alicyclic amines) is 1. The Kier molecular flexibility index (Phi) is 4.62. The first-order valence-corrected chi connectivity index (χ1v) is 5.68. The van der Waals surface area contributed by atoms with E-state index in [2.05, 4.69) is 0 Å². The van der Waals surface area contributed by atoms with Crippen LogP contribution in [0, 0.1) is 0 Å². The summed E-state index contributed by atoms with van der Waals surface area (Å²) in [4.78, 5) is 13.0.